The van der Waals surface area contributed by atoms with Crippen molar-refractivity contribution in [1.82, 2.24) is 14.5 Å². The molecule has 0 radical (unpaired) electrons. The van der Waals surface area contributed by atoms with Gasteiger partial charge in [0.05, 0.1) is 22.7 Å². The summed E-state index contributed by atoms with van der Waals surface area (Å²) in [7, 11) is 0. The summed E-state index contributed by atoms with van der Waals surface area (Å²) >= 11 is 0. The third-order valence-corrected chi connectivity index (χ3v) is 4.37. The van der Waals surface area contributed by atoms with Crippen LogP contribution in [0.2, 0.25) is 0 Å². The minimum absolute atomic E-state index is 0.264. The highest BCUT2D eigenvalue weighted by Crippen LogP contribution is 2.26. The van der Waals surface area contributed by atoms with Gasteiger partial charge in [-0.2, -0.15) is 10.5 Å². The Labute approximate surface area is 150 Å². The van der Waals surface area contributed by atoms with Crippen molar-refractivity contribution >= 4 is 33.6 Å². The fourth-order valence-electron chi connectivity index (χ4n) is 3.16. The molecule has 2 aromatic heterocycles. The number of rotatable bonds is 3. The molecule has 0 saturated carbocycles. The number of aromatic amines is 1. The Balaban J connectivity index is 1.86. The molecular weight excluding hydrogens is 322 g/mol. The van der Waals surface area contributed by atoms with Crippen molar-refractivity contribution in [1.29, 1.82) is 10.5 Å². The largest absolute Gasteiger partial charge is 0.337 e. The highest BCUT2D eigenvalue weighted by Gasteiger charge is 2.11. The number of hydrogen-bond acceptors (Lipinski definition) is 3. The highest BCUT2D eigenvalue weighted by molar-refractivity contribution is 5.98. The van der Waals surface area contributed by atoms with Crippen molar-refractivity contribution < 1.29 is 0 Å². The molecule has 0 unspecified atom stereocenters. The maximum Gasteiger partial charge on any atom is 0.149 e. The molecule has 0 bridgehead atoms. The van der Waals surface area contributed by atoms with Gasteiger partial charge in [-0.25, -0.2) is 4.98 Å². The van der Waals surface area contributed by atoms with E-state index < -0.39 is 0 Å². The van der Waals surface area contributed by atoms with Gasteiger partial charge in [-0.15, -0.1) is 0 Å². The van der Waals surface area contributed by atoms with Crippen LogP contribution in [0.15, 0.2) is 48.7 Å². The molecule has 0 aliphatic rings. The van der Waals surface area contributed by atoms with E-state index >= 15 is 0 Å². The summed E-state index contributed by atoms with van der Waals surface area (Å²) in [4.78, 5) is 7.77. The molecule has 26 heavy (non-hydrogen) atoms. The molecule has 5 heteroatoms. The van der Waals surface area contributed by atoms with Gasteiger partial charge >= 0.3 is 0 Å². The minimum Gasteiger partial charge on any atom is -0.337 e. The van der Waals surface area contributed by atoms with E-state index in [1.807, 2.05) is 66.2 Å². The normalized spacial score (nSPS) is 11.6. The number of aromatic nitrogens is 3. The summed E-state index contributed by atoms with van der Waals surface area (Å²) in [6.45, 7) is 2.28. The van der Waals surface area contributed by atoms with Crippen LogP contribution in [0.4, 0.5) is 0 Å². The molecule has 0 spiro atoms. The quantitative estimate of drug-likeness (QED) is 0.562. The Morgan fingerprint density at radius 3 is 2.88 bits per heavy atom. The van der Waals surface area contributed by atoms with Crippen LogP contribution >= 0.6 is 0 Å². The van der Waals surface area contributed by atoms with Crippen molar-refractivity contribution in [2.75, 3.05) is 0 Å². The topological polar surface area (TPSA) is 81.2 Å². The molecule has 0 atom stereocenters. The van der Waals surface area contributed by atoms with Gasteiger partial charge < -0.3 is 9.55 Å². The first kappa shape index (κ1) is 15.7. The maximum atomic E-state index is 9.67. The van der Waals surface area contributed by atoms with Gasteiger partial charge in [-0.05, 0) is 36.8 Å². The Bertz CT molecular complexity index is 1240. The first-order valence-corrected chi connectivity index (χ1v) is 8.23. The molecule has 4 aromatic rings. The fourth-order valence-corrected chi connectivity index (χ4v) is 3.16. The number of imidazole rings is 1. The van der Waals surface area contributed by atoms with Gasteiger partial charge in [0.2, 0.25) is 0 Å². The SMILES string of the molecule is Cc1ccc2nc(C(C#N)=Cc3cn(CC#N)c4ccccc34)[nH]c2c1. The van der Waals surface area contributed by atoms with Crippen LogP contribution in [0, 0.1) is 29.6 Å². The number of hydrogen-bond donors (Lipinski definition) is 1. The van der Waals surface area contributed by atoms with E-state index in [9.17, 15) is 5.26 Å². The number of para-hydroxylation sites is 1. The molecule has 0 saturated heterocycles. The van der Waals surface area contributed by atoms with Gasteiger partial charge in [0.15, 0.2) is 0 Å². The monoisotopic (exact) mass is 337 g/mol. The van der Waals surface area contributed by atoms with E-state index in [-0.39, 0.29) is 6.54 Å². The summed E-state index contributed by atoms with van der Waals surface area (Å²) in [5.41, 5.74) is 5.20. The molecule has 1 N–H and O–H groups in total. The van der Waals surface area contributed by atoms with E-state index in [1.165, 1.54) is 0 Å². The standard InChI is InChI=1S/C21H15N5/c1-14-6-7-18-19(10-14)25-21(24-18)15(12-23)11-16-13-26(9-8-22)20-5-3-2-4-17(16)20/h2-7,10-11,13H,9H2,1H3,(H,24,25). The Morgan fingerprint density at radius 2 is 2.08 bits per heavy atom. The van der Waals surface area contributed by atoms with Crippen molar-refractivity contribution in [2.24, 2.45) is 0 Å². The molecule has 0 fully saturated rings. The van der Waals surface area contributed by atoms with E-state index in [1.54, 1.807) is 0 Å². The van der Waals surface area contributed by atoms with Gasteiger partial charge in [0, 0.05) is 22.7 Å². The minimum atomic E-state index is 0.264. The summed E-state index contributed by atoms with van der Waals surface area (Å²) in [5.74, 6) is 0.546. The molecule has 124 valence electrons. The van der Waals surface area contributed by atoms with Gasteiger partial charge in [0.25, 0.3) is 0 Å². The molecule has 0 aliphatic heterocycles. The predicted molar refractivity (Wildman–Crippen MR) is 102 cm³/mol. The van der Waals surface area contributed by atoms with Crippen LogP contribution in [-0.4, -0.2) is 14.5 Å². The van der Waals surface area contributed by atoms with Crippen LogP contribution in [0.1, 0.15) is 17.0 Å². The number of H-pyrrole nitrogens is 1. The van der Waals surface area contributed by atoms with Gasteiger partial charge in [-0.3, -0.25) is 0 Å². The lowest BCUT2D eigenvalue weighted by molar-refractivity contribution is 0.873. The number of benzene rings is 2. The number of allylic oxidation sites excluding steroid dienone is 1. The molecule has 5 nitrogen and oxygen atoms in total. The Hall–Kier alpha value is -3.83. The van der Waals surface area contributed by atoms with Crippen LogP contribution in [0.5, 0.6) is 0 Å². The Morgan fingerprint density at radius 1 is 1.23 bits per heavy atom. The van der Waals surface area contributed by atoms with Gasteiger partial charge in [-0.1, -0.05) is 24.3 Å². The van der Waals surface area contributed by atoms with Crippen LogP contribution in [0.25, 0.3) is 33.6 Å². The molecular formula is C21H15N5. The second-order valence-electron chi connectivity index (χ2n) is 6.16. The third-order valence-electron chi connectivity index (χ3n) is 4.37. The second-order valence-corrected chi connectivity index (χ2v) is 6.16. The van der Waals surface area contributed by atoms with Crippen LogP contribution in [0.3, 0.4) is 0 Å². The summed E-state index contributed by atoms with van der Waals surface area (Å²) < 4.78 is 1.89. The smallest absolute Gasteiger partial charge is 0.149 e. The second kappa shape index (κ2) is 6.23. The zero-order chi connectivity index (χ0) is 18.1. The maximum absolute atomic E-state index is 9.67. The number of nitriles is 2. The molecule has 4 rings (SSSR count). The van der Waals surface area contributed by atoms with Crippen molar-refractivity contribution in [3.63, 3.8) is 0 Å². The number of nitrogens with zero attached hydrogens (tertiary/aromatic N) is 4. The zero-order valence-electron chi connectivity index (χ0n) is 14.2. The van der Waals surface area contributed by atoms with E-state index in [0.717, 1.165) is 33.1 Å². The fraction of sp³-hybridized carbons (Fsp3) is 0.0952. The lowest BCUT2D eigenvalue weighted by Crippen LogP contribution is -1.91. The summed E-state index contributed by atoms with van der Waals surface area (Å²) in [6.07, 6.45) is 3.72. The molecule has 2 heterocycles. The zero-order valence-corrected chi connectivity index (χ0v) is 14.2. The van der Waals surface area contributed by atoms with Crippen molar-refractivity contribution in [2.45, 2.75) is 13.5 Å². The molecule has 0 aliphatic carbocycles. The van der Waals surface area contributed by atoms with Gasteiger partial charge in [0.1, 0.15) is 18.4 Å². The lowest BCUT2D eigenvalue weighted by atomic mass is 10.1. The summed E-state index contributed by atoms with van der Waals surface area (Å²) in [6, 6.07) is 18.2. The summed E-state index contributed by atoms with van der Waals surface area (Å²) in [5, 5.41) is 19.7. The van der Waals surface area contributed by atoms with E-state index in [0.29, 0.717) is 11.4 Å². The first-order chi connectivity index (χ1) is 12.7. The predicted octanol–water partition coefficient (Wildman–Crippen LogP) is 4.41. The Kier molecular flexibility index (Phi) is 3.76. The van der Waals surface area contributed by atoms with Crippen molar-refractivity contribution in [3.8, 4) is 12.1 Å². The average Bonchev–Trinajstić information content (AvgIpc) is 3.21. The van der Waals surface area contributed by atoms with Crippen molar-refractivity contribution in [3.05, 3.63) is 65.6 Å². The van der Waals surface area contributed by atoms with Crippen LogP contribution < -0.4 is 0 Å². The number of aryl methyl sites for hydroxylation is 1. The first-order valence-electron chi connectivity index (χ1n) is 8.23. The van der Waals surface area contributed by atoms with E-state index in [2.05, 4.69) is 22.1 Å². The van der Waals surface area contributed by atoms with E-state index in [4.69, 9.17) is 5.26 Å². The molecule has 2 aromatic carbocycles. The third kappa shape index (κ3) is 2.62. The number of nitrogens with one attached hydrogen (secondary N) is 1. The number of fused-ring (bicyclic) bond motifs is 2. The molecule has 0 amide bonds. The average molecular weight is 337 g/mol. The lowest BCUT2D eigenvalue weighted by Gasteiger charge is -1.96. The highest BCUT2D eigenvalue weighted by atomic mass is 15.0. The van der Waals surface area contributed by atoms with Crippen LogP contribution in [-0.2, 0) is 6.54 Å².